The maximum Gasteiger partial charge on any atom is 0.257 e. The maximum absolute atomic E-state index is 11.6. The van der Waals surface area contributed by atoms with E-state index in [1.54, 1.807) is 0 Å². The van der Waals surface area contributed by atoms with Crippen LogP contribution >= 0.6 is 12.2 Å². The minimum Gasteiger partial charge on any atom is -0.376 e. The summed E-state index contributed by atoms with van der Waals surface area (Å²) in [5.41, 5.74) is 8.02. The molecule has 0 heterocycles. The molecule has 0 aromatic heterocycles. The first kappa shape index (κ1) is 11.7. The molecule has 1 aromatic rings. The third kappa shape index (κ3) is 3.32. The topological polar surface area (TPSA) is 55.1 Å². The van der Waals surface area contributed by atoms with E-state index in [0.717, 1.165) is 17.5 Å². The molecule has 0 aliphatic carbocycles. The highest BCUT2D eigenvalue weighted by atomic mass is 32.1. The van der Waals surface area contributed by atoms with Crippen LogP contribution in [0.15, 0.2) is 18.2 Å². The van der Waals surface area contributed by atoms with Gasteiger partial charge in [0, 0.05) is 5.56 Å². The van der Waals surface area contributed by atoms with E-state index in [2.05, 4.69) is 23.6 Å². The average molecular weight is 222 g/mol. The van der Waals surface area contributed by atoms with Crippen molar-refractivity contribution in [3.63, 3.8) is 0 Å². The Balaban J connectivity index is 2.98. The van der Waals surface area contributed by atoms with E-state index in [-0.39, 0.29) is 11.0 Å². The Kier molecular flexibility index (Phi) is 3.80. The van der Waals surface area contributed by atoms with Crippen molar-refractivity contribution < 1.29 is 4.79 Å². The van der Waals surface area contributed by atoms with Gasteiger partial charge in [0.25, 0.3) is 5.91 Å². The Hall–Kier alpha value is -1.42. The lowest BCUT2D eigenvalue weighted by molar-refractivity contribution is 0.0977. The third-order valence-corrected chi connectivity index (χ3v) is 2.15. The molecule has 0 bridgehead atoms. The van der Waals surface area contributed by atoms with Crippen molar-refractivity contribution in [2.75, 3.05) is 0 Å². The van der Waals surface area contributed by atoms with Crippen LogP contribution in [0.25, 0.3) is 0 Å². The van der Waals surface area contributed by atoms with Crippen molar-refractivity contribution in [1.82, 2.24) is 5.32 Å². The second kappa shape index (κ2) is 4.89. The number of carbonyl (C=O) groups is 1. The van der Waals surface area contributed by atoms with Crippen molar-refractivity contribution in [1.29, 1.82) is 0 Å². The van der Waals surface area contributed by atoms with Gasteiger partial charge >= 0.3 is 0 Å². The summed E-state index contributed by atoms with van der Waals surface area (Å²) < 4.78 is 0. The predicted octanol–water partition coefficient (Wildman–Crippen LogP) is 1.53. The standard InChI is InChI=1S/C11H14N2OS/c1-3-8-4-7(2)5-9(6-8)10(14)13-11(12)15/h4-6H,3H2,1-2H3,(H3,12,13,14,15). The molecule has 1 amide bonds. The van der Waals surface area contributed by atoms with Gasteiger partial charge in [-0.05, 0) is 43.3 Å². The van der Waals surface area contributed by atoms with Gasteiger partial charge in [-0.25, -0.2) is 0 Å². The Labute approximate surface area is 94.7 Å². The molecular formula is C11H14N2OS. The first-order valence-electron chi connectivity index (χ1n) is 4.74. The first-order valence-corrected chi connectivity index (χ1v) is 5.15. The summed E-state index contributed by atoms with van der Waals surface area (Å²) in [6, 6.07) is 5.71. The van der Waals surface area contributed by atoms with Gasteiger partial charge in [0.1, 0.15) is 0 Å². The Morgan fingerprint density at radius 1 is 1.47 bits per heavy atom. The van der Waals surface area contributed by atoms with E-state index in [9.17, 15) is 4.79 Å². The molecule has 1 aromatic carbocycles. The Bertz CT molecular complexity index is 402. The van der Waals surface area contributed by atoms with Crippen LogP contribution in [0.1, 0.15) is 28.4 Å². The van der Waals surface area contributed by atoms with Gasteiger partial charge in [0.15, 0.2) is 5.11 Å². The lowest BCUT2D eigenvalue weighted by Crippen LogP contribution is -2.34. The lowest BCUT2D eigenvalue weighted by Gasteiger charge is -2.06. The van der Waals surface area contributed by atoms with Crippen molar-refractivity contribution >= 4 is 23.2 Å². The van der Waals surface area contributed by atoms with Crippen LogP contribution in [0.4, 0.5) is 0 Å². The highest BCUT2D eigenvalue weighted by Gasteiger charge is 2.07. The van der Waals surface area contributed by atoms with Gasteiger partial charge in [-0.3, -0.25) is 10.1 Å². The number of carbonyl (C=O) groups excluding carboxylic acids is 1. The minimum absolute atomic E-state index is 0.000412. The summed E-state index contributed by atoms with van der Waals surface area (Å²) in [6.07, 6.45) is 0.898. The normalized spacial score (nSPS) is 9.73. The number of thiocarbonyl (C=S) groups is 1. The molecule has 4 heteroatoms. The summed E-state index contributed by atoms with van der Waals surface area (Å²) in [6.45, 7) is 4.00. The molecule has 0 aliphatic rings. The van der Waals surface area contributed by atoms with Crippen molar-refractivity contribution in [2.24, 2.45) is 5.73 Å². The van der Waals surface area contributed by atoms with Crippen molar-refractivity contribution in [2.45, 2.75) is 20.3 Å². The van der Waals surface area contributed by atoms with Gasteiger partial charge in [0.05, 0.1) is 0 Å². The molecule has 15 heavy (non-hydrogen) atoms. The van der Waals surface area contributed by atoms with Crippen LogP contribution in [0.3, 0.4) is 0 Å². The zero-order chi connectivity index (χ0) is 11.4. The fraction of sp³-hybridized carbons (Fsp3) is 0.273. The van der Waals surface area contributed by atoms with Crippen LogP contribution in [-0.4, -0.2) is 11.0 Å². The van der Waals surface area contributed by atoms with Gasteiger partial charge < -0.3 is 5.73 Å². The molecule has 0 saturated heterocycles. The molecule has 0 radical (unpaired) electrons. The highest BCUT2D eigenvalue weighted by molar-refractivity contribution is 7.80. The van der Waals surface area contributed by atoms with Gasteiger partial charge in [-0.1, -0.05) is 18.6 Å². The average Bonchev–Trinajstić information content (AvgIpc) is 2.15. The molecule has 0 unspecified atom stereocenters. The van der Waals surface area contributed by atoms with Crippen molar-refractivity contribution in [3.8, 4) is 0 Å². The number of hydrogen-bond donors (Lipinski definition) is 2. The number of aryl methyl sites for hydroxylation is 2. The van der Waals surface area contributed by atoms with Gasteiger partial charge in [-0.15, -0.1) is 0 Å². The fourth-order valence-corrected chi connectivity index (χ4v) is 1.47. The van der Waals surface area contributed by atoms with Crippen LogP contribution in [-0.2, 0) is 6.42 Å². The van der Waals surface area contributed by atoms with Gasteiger partial charge in [-0.2, -0.15) is 0 Å². The smallest absolute Gasteiger partial charge is 0.257 e. The summed E-state index contributed by atoms with van der Waals surface area (Å²) >= 11 is 4.61. The van der Waals surface area contributed by atoms with E-state index in [4.69, 9.17) is 5.73 Å². The van der Waals surface area contributed by atoms with Crippen molar-refractivity contribution in [3.05, 3.63) is 34.9 Å². The molecule has 3 nitrogen and oxygen atoms in total. The highest BCUT2D eigenvalue weighted by Crippen LogP contribution is 2.10. The van der Waals surface area contributed by atoms with Crippen LogP contribution in [0.2, 0.25) is 0 Å². The SMILES string of the molecule is CCc1cc(C)cc(C(=O)NC(N)=S)c1. The number of nitrogens with two attached hydrogens (primary N) is 1. The van der Waals surface area contributed by atoms with E-state index < -0.39 is 0 Å². The zero-order valence-corrected chi connectivity index (χ0v) is 9.65. The quantitative estimate of drug-likeness (QED) is 0.746. The van der Waals surface area contributed by atoms with E-state index in [1.807, 2.05) is 26.0 Å². The van der Waals surface area contributed by atoms with E-state index >= 15 is 0 Å². The van der Waals surface area contributed by atoms with E-state index in [1.165, 1.54) is 0 Å². The molecule has 0 spiro atoms. The second-order valence-corrected chi connectivity index (χ2v) is 3.82. The molecule has 0 atom stereocenters. The zero-order valence-electron chi connectivity index (χ0n) is 8.83. The number of amides is 1. The lowest BCUT2D eigenvalue weighted by atomic mass is 10.0. The van der Waals surface area contributed by atoms with Crippen LogP contribution in [0, 0.1) is 6.92 Å². The molecule has 0 fully saturated rings. The largest absolute Gasteiger partial charge is 0.376 e. The number of hydrogen-bond acceptors (Lipinski definition) is 2. The number of nitrogens with one attached hydrogen (secondary N) is 1. The van der Waals surface area contributed by atoms with Crippen LogP contribution < -0.4 is 11.1 Å². The summed E-state index contributed by atoms with van der Waals surface area (Å²) in [4.78, 5) is 11.6. The van der Waals surface area contributed by atoms with E-state index in [0.29, 0.717) is 5.56 Å². The molecule has 0 aliphatic heterocycles. The molecular weight excluding hydrogens is 208 g/mol. The van der Waals surface area contributed by atoms with Gasteiger partial charge in [0.2, 0.25) is 0 Å². The Morgan fingerprint density at radius 2 is 2.13 bits per heavy atom. The predicted molar refractivity (Wildman–Crippen MR) is 64.8 cm³/mol. The third-order valence-electron chi connectivity index (χ3n) is 2.04. The summed E-state index contributed by atoms with van der Waals surface area (Å²) in [5.74, 6) is -0.249. The maximum atomic E-state index is 11.6. The number of rotatable bonds is 2. The second-order valence-electron chi connectivity index (χ2n) is 3.38. The number of benzene rings is 1. The first-order chi connectivity index (χ1) is 7.02. The minimum atomic E-state index is -0.249. The molecule has 80 valence electrons. The molecule has 1 rings (SSSR count). The fourth-order valence-electron chi connectivity index (χ4n) is 1.38. The summed E-state index contributed by atoms with van der Waals surface area (Å²) in [7, 11) is 0. The van der Waals surface area contributed by atoms with Crippen LogP contribution in [0.5, 0.6) is 0 Å². The summed E-state index contributed by atoms with van der Waals surface area (Å²) in [5, 5.41) is 2.41. The Morgan fingerprint density at radius 3 is 2.67 bits per heavy atom. The monoisotopic (exact) mass is 222 g/mol. The molecule has 0 saturated carbocycles. The molecule has 3 N–H and O–H groups in total.